The standard InChI is InChI=1S/C64H62N4/c1-40-28-45-29-41(2)34-63(33-40,37-45)49-22-20-47(21-23-49)60-66-61(68-62(67-60)58-25-24-50(51-14-5-6-16-53(51)58)48-13-11-12-44(32-48)39-65)57-19-10-8-17-54(57)55-26-27-59(56-18-9-7-15-52(55)56)64-35-42(3)30-46(38-64)31-43(4)36-64/h5-27,32,40-43,45-46H,28-31,33-38H2,1-4H3/t40-,41?,42-,43+,45?,46?,63?,64?/m0/s1. The summed E-state index contributed by atoms with van der Waals surface area (Å²) in [7, 11) is 0. The molecule has 5 unspecified atom stereocenters. The molecule has 1 heterocycles. The van der Waals surface area contributed by atoms with Gasteiger partial charge >= 0.3 is 0 Å². The van der Waals surface area contributed by atoms with Gasteiger partial charge in [0.25, 0.3) is 0 Å². The topological polar surface area (TPSA) is 62.5 Å². The third kappa shape index (κ3) is 7.54. The van der Waals surface area contributed by atoms with Gasteiger partial charge in [-0.2, -0.15) is 5.26 Å². The Morgan fingerprint density at radius 1 is 0.412 bits per heavy atom. The maximum absolute atomic E-state index is 9.78. The highest BCUT2D eigenvalue weighted by molar-refractivity contribution is 6.05. The minimum atomic E-state index is 0.216. The molecule has 12 rings (SSSR count). The summed E-state index contributed by atoms with van der Waals surface area (Å²) in [6.07, 6.45) is 13.1. The summed E-state index contributed by atoms with van der Waals surface area (Å²) >= 11 is 0. The molecule has 4 aliphatic rings. The highest BCUT2D eigenvalue weighted by atomic mass is 15.0. The summed E-state index contributed by atoms with van der Waals surface area (Å²) in [4.78, 5) is 16.3. The fourth-order valence-electron chi connectivity index (χ4n) is 15.2. The van der Waals surface area contributed by atoms with E-state index in [1.807, 2.05) is 18.2 Å². The van der Waals surface area contributed by atoms with Gasteiger partial charge in [-0.25, -0.2) is 15.0 Å². The first-order chi connectivity index (χ1) is 33.1. The number of hydrogen-bond donors (Lipinski definition) is 0. The lowest BCUT2D eigenvalue weighted by atomic mass is 9.54. The highest BCUT2D eigenvalue weighted by Crippen LogP contribution is 2.57. The van der Waals surface area contributed by atoms with Crippen LogP contribution in [-0.4, -0.2) is 15.0 Å². The molecule has 4 aliphatic carbocycles. The van der Waals surface area contributed by atoms with E-state index < -0.39 is 0 Å². The fraction of sp³-hybridized carbons (Fsp3) is 0.344. The quantitative estimate of drug-likeness (QED) is 0.160. The summed E-state index contributed by atoms with van der Waals surface area (Å²) in [6.45, 7) is 9.91. The first-order valence-electron chi connectivity index (χ1n) is 25.7. The number of nitriles is 1. The Balaban J connectivity index is 1.02. The first-order valence-corrected chi connectivity index (χ1v) is 25.7. The second-order valence-corrected chi connectivity index (χ2v) is 22.4. The lowest BCUT2D eigenvalue weighted by molar-refractivity contribution is 0.0780. The predicted octanol–water partition coefficient (Wildman–Crippen LogP) is 16.6. The molecule has 0 aliphatic heterocycles. The van der Waals surface area contributed by atoms with Gasteiger partial charge in [0.05, 0.1) is 11.6 Å². The van der Waals surface area contributed by atoms with Crippen molar-refractivity contribution in [3.63, 3.8) is 0 Å². The Kier molecular flexibility index (Phi) is 10.7. The van der Waals surface area contributed by atoms with Crippen molar-refractivity contribution in [1.82, 2.24) is 15.0 Å². The Morgan fingerprint density at radius 2 is 0.912 bits per heavy atom. The molecule has 0 amide bonds. The molecular formula is C64H62N4. The van der Waals surface area contributed by atoms with E-state index in [4.69, 9.17) is 15.0 Å². The minimum Gasteiger partial charge on any atom is -0.208 e. The Morgan fingerprint density at radius 3 is 1.56 bits per heavy atom. The Bertz CT molecular complexity index is 3230. The number of hydrogen-bond acceptors (Lipinski definition) is 4. The fourth-order valence-corrected chi connectivity index (χ4v) is 15.2. The van der Waals surface area contributed by atoms with E-state index >= 15 is 0 Å². The molecule has 8 aromatic rings. The zero-order valence-corrected chi connectivity index (χ0v) is 40.2. The largest absolute Gasteiger partial charge is 0.208 e. The molecule has 0 N–H and O–H groups in total. The van der Waals surface area contributed by atoms with Crippen molar-refractivity contribution in [1.29, 1.82) is 5.26 Å². The summed E-state index contributed by atoms with van der Waals surface area (Å²) in [6, 6.07) is 55.2. The molecule has 4 heteroatoms. The van der Waals surface area contributed by atoms with E-state index in [9.17, 15) is 5.26 Å². The second kappa shape index (κ2) is 17.0. The summed E-state index contributed by atoms with van der Waals surface area (Å²) in [5.41, 5.74) is 11.5. The normalized spacial score (nSPS) is 26.6. The molecule has 4 bridgehead atoms. The van der Waals surface area contributed by atoms with Crippen LogP contribution in [0.5, 0.6) is 0 Å². The van der Waals surface area contributed by atoms with Crippen LogP contribution in [0.4, 0.5) is 0 Å². The Hall–Kier alpha value is -6.44. The highest BCUT2D eigenvalue weighted by Gasteiger charge is 2.47. The van der Waals surface area contributed by atoms with Crippen molar-refractivity contribution in [2.45, 2.75) is 103 Å². The summed E-state index contributed by atoms with van der Waals surface area (Å²) in [5, 5.41) is 14.6. The first kappa shape index (κ1) is 42.9. The van der Waals surface area contributed by atoms with E-state index in [1.54, 1.807) is 5.56 Å². The smallest absolute Gasteiger partial charge is 0.164 e. The zero-order chi connectivity index (χ0) is 46.1. The van der Waals surface area contributed by atoms with Gasteiger partial charge in [-0.1, -0.05) is 155 Å². The third-order valence-corrected chi connectivity index (χ3v) is 17.1. The van der Waals surface area contributed by atoms with Crippen LogP contribution >= 0.6 is 0 Å². The van der Waals surface area contributed by atoms with Crippen molar-refractivity contribution >= 4 is 21.5 Å². The molecule has 8 atom stereocenters. The number of aromatic nitrogens is 3. The van der Waals surface area contributed by atoms with Crippen LogP contribution in [0.1, 0.15) is 109 Å². The molecular weight excluding hydrogens is 825 g/mol. The average Bonchev–Trinajstić information content (AvgIpc) is 3.34. The van der Waals surface area contributed by atoms with Crippen LogP contribution in [-0.2, 0) is 10.8 Å². The molecule has 4 saturated carbocycles. The SMILES string of the molecule is CC1CC2C[C@H](C)CC(c3ccc(-c4nc(-c5ccccc5-c5ccc(C67CC(C[C@@H](C)C6)C[C@H](C)C7)c6ccccc56)nc(-c5ccc(-c6cccc(C#N)c6)c6ccccc56)n4)cc3)(C1)C2. The van der Waals surface area contributed by atoms with Crippen LogP contribution < -0.4 is 0 Å². The van der Waals surface area contributed by atoms with Gasteiger partial charge in [-0.15, -0.1) is 0 Å². The predicted molar refractivity (Wildman–Crippen MR) is 280 cm³/mol. The summed E-state index contributed by atoms with van der Waals surface area (Å²) in [5.74, 6) is 6.60. The van der Waals surface area contributed by atoms with Gasteiger partial charge in [-0.3, -0.25) is 0 Å². The van der Waals surface area contributed by atoms with E-state index in [2.05, 4.69) is 161 Å². The van der Waals surface area contributed by atoms with E-state index in [0.717, 1.165) is 79.7 Å². The van der Waals surface area contributed by atoms with Crippen LogP contribution in [0.15, 0.2) is 146 Å². The number of benzene rings is 7. The zero-order valence-electron chi connectivity index (χ0n) is 40.2. The third-order valence-electron chi connectivity index (χ3n) is 17.1. The van der Waals surface area contributed by atoms with Crippen LogP contribution in [0.3, 0.4) is 0 Å². The molecule has 68 heavy (non-hydrogen) atoms. The number of rotatable bonds is 7. The van der Waals surface area contributed by atoms with Gasteiger partial charge < -0.3 is 0 Å². The van der Waals surface area contributed by atoms with Gasteiger partial charge in [-0.05, 0) is 184 Å². The van der Waals surface area contributed by atoms with Gasteiger partial charge in [0.2, 0.25) is 0 Å². The maximum Gasteiger partial charge on any atom is 0.164 e. The number of fused-ring (bicyclic) bond motifs is 6. The Labute approximate surface area is 403 Å². The molecule has 338 valence electrons. The van der Waals surface area contributed by atoms with Gasteiger partial charge in [0.15, 0.2) is 17.5 Å². The molecule has 1 aromatic heterocycles. The van der Waals surface area contributed by atoms with Crippen LogP contribution in [0.2, 0.25) is 0 Å². The van der Waals surface area contributed by atoms with Crippen molar-refractivity contribution in [3.8, 4) is 62.5 Å². The molecule has 7 aromatic carbocycles. The monoisotopic (exact) mass is 886 g/mol. The van der Waals surface area contributed by atoms with E-state index in [0.29, 0.717) is 23.0 Å². The van der Waals surface area contributed by atoms with Crippen molar-refractivity contribution in [2.24, 2.45) is 35.5 Å². The minimum absolute atomic E-state index is 0.216. The molecule has 0 saturated heterocycles. The molecule has 4 fully saturated rings. The lowest BCUT2D eigenvalue weighted by Gasteiger charge is -2.51. The van der Waals surface area contributed by atoms with E-state index in [-0.39, 0.29) is 10.8 Å². The van der Waals surface area contributed by atoms with Crippen molar-refractivity contribution in [3.05, 3.63) is 162 Å². The lowest BCUT2D eigenvalue weighted by Crippen LogP contribution is -2.42. The van der Waals surface area contributed by atoms with Gasteiger partial charge in [0, 0.05) is 16.7 Å². The van der Waals surface area contributed by atoms with Crippen molar-refractivity contribution < 1.29 is 0 Å². The maximum atomic E-state index is 9.78. The van der Waals surface area contributed by atoms with Gasteiger partial charge in [0.1, 0.15) is 0 Å². The van der Waals surface area contributed by atoms with E-state index in [1.165, 1.54) is 86.1 Å². The second-order valence-electron chi connectivity index (χ2n) is 22.4. The average molecular weight is 887 g/mol. The summed E-state index contributed by atoms with van der Waals surface area (Å²) < 4.78 is 0. The molecule has 4 nitrogen and oxygen atoms in total. The number of nitrogens with zero attached hydrogens (tertiary/aromatic N) is 4. The molecule has 0 radical (unpaired) electrons. The van der Waals surface area contributed by atoms with Crippen molar-refractivity contribution in [2.75, 3.05) is 0 Å². The molecule has 0 spiro atoms. The van der Waals surface area contributed by atoms with Crippen LogP contribution in [0.25, 0.3) is 78.0 Å². The van der Waals surface area contributed by atoms with Crippen LogP contribution in [0, 0.1) is 46.8 Å².